The van der Waals surface area contributed by atoms with Gasteiger partial charge in [-0.05, 0) is 46.7 Å². The molecule has 0 radical (unpaired) electrons. The number of ketones is 1. The van der Waals surface area contributed by atoms with Crippen molar-refractivity contribution in [2.75, 3.05) is 26.8 Å². The zero-order chi connectivity index (χ0) is 22.9. The van der Waals surface area contributed by atoms with Crippen LogP contribution < -0.4 is 4.74 Å². The Morgan fingerprint density at radius 2 is 1.91 bits per heavy atom. The third kappa shape index (κ3) is 4.38. The Morgan fingerprint density at radius 3 is 2.62 bits per heavy atom. The summed E-state index contributed by atoms with van der Waals surface area (Å²) in [4.78, 5) is 25.4. The van der Waals surface area contributed by atoms with Gasteiger partial charge in [-0.15, -0.1) is 0 Å². The molecular formula is C19H16ClN3O8S. The molecule has 32 heavy (non-hydrogen) atoms. The van der Waals surface area contributed by atoms with Crippen molar-refractivity contribution >= 4 is 44.6 Å². The fourth-order valence-corrected chi connectivity index (χ4v) is 4.33. The molecule has 0 aliphatic carbocycles. The summed E-state index contributed by atoms with van der Waals surface area (Å²) in [5.41, 5.74) is 0.397. The molecule has 1 unspecified atom stereocenters. The van der Waals surface area contributed by atoms with Gasteiger partial charge in [0.1, 0.15) is 23.4 Å². The molecule has 11 nitrogen and oxygen atoms in total. The highest BCUT2D eigenvalue weighted by Crippen LogP contribution is 2.28. The summed E-state index contributed by atoms with van der Waals surface area (Å²) in [5, 5.41) is 7.28. The van der Waals surface area contributed by atoms with Crippen LogP contribution in [-0.2, 0) is 19.0 Å². The van der Waals surface area contributed by atoms with Gasteiger partial charge < -0.3 is 9.47 Å². The number of Topliss-reactive ketones (excluding diaryl/α,β-unsaturated/α-hetero) is 1. The number of rotatable bonds is 8. The van der Waals surface area contributed by atoms with Crippen LogP contribution in [0.25, 0.3) is 11.0 Å². The summed E-state index contributed by atoms with van der Waals surface area (Å²) in [5.74, 6) is 0.292. The number of hydrogen-bond acceptors (Lipinski definition) is 10. The summed E-state index contributed by atoms with van der Waals surface area (Å²) in [6, 6.07) is 8.98. The van der Waals surface area contributed by atoms with E-state index in [-0.39, 0.29) is 39.8 Å². The minimum absolute atomic E-state index is 0.0161. The van der Waals surface area contributed by atoms with Crippen LogP contribution in [0.2, 0.25) is 5.02 Å². The van der Waals surface area contributed by atoms with E-state index in [0.717, 1.165) is 0 Å². The van der Waals surface area contributed by atoms with Gasteiger partial charge in [0.05, 0.1) is 25.2 Å². The van der Waals surface area contributed by atoms with Gasteiger partial charge in [-0.1, -0.05) is 11.6 Å². The van der Waals surface area contributed by atoms with E-state index < -0.39 is 28.9 Å². The number of hydrogen-bond donors (Lipinski definition) is 0. The lowest BCUT2D eigenvalue weighted by molar-refractivity contribution is 0.0932. The second-order valence-electron chi connectivity index (χ2n) is 6.78. The first-order valence-electron chi connectivity index (χ1n) is 9.21. The van der Waals surface area contributed by atoms with Gasteiger partial charge in [0.25, 0.3) is 10.1 Å². The predicted octanol–water partition coefficient (Wildman–Crippen LogP) is 2.29. The molecule has 1 atom stereocenters. The molecule has 1 aromatic heterocycles. The van der Waals surface area contributed by atoms with E-state index in [0.29, 0.717) is 11.3 Å². The highest BCUT2D eigenvalue weighted by molar-refractivity contribution is 7.87. The Balaban J connectivity index is 1.38. The van der Waals surface area contributed by atoms with E-state index in [1.807, 2.05) is 0 Å². The number of ether oxygens (including phenoxy) is 2. The van der Waals surface area contributed by atoms with Crippen LogP contribution in [0.4, 0.5) is 4.79 Å². The van der Waals surface area contributed by atoms with Crippen LogP contribution in [0.1, 0.15) is 10.4 Å². The number of methoxy groups -OCH3 is 1. The minimum Gasteiger partial charge on any atom is -0.497 e. The quantitative estimate of drug-likeness (QED) is 0.348. The molecule has 0 bridgehead atoms. The van der Waals surface area contributed by atoms with Crippen LogP contribution in [0.5, 0.6) is 5.75 Å². The highest BCUT2D eigenvalue weighted by Gasteiger charge is 2.34. The third-order valence-electron chi connectivity index (χ3n) is 4.70. The average molecular weight is 482 g/mol. The monoisotopic (exact) mass is 481 g/mol. The molecule has 1 fully saturated rings. The number of carbonyl (C=O) groups excluding carboxylic acids is 2. The van der Waals surface area contributed by atoms with E-state index in [9.17, 15) is 18.0 Å². The van der Waals surface area contributed by atoms with Crippen LogP contribution in [0.15, 0.2) is 45.9 Å². The molecule has 0 saturated carbocycles. The van der Waals surface area contributed by atoms with Gasteiger partial charge in [0, 0.05) is 5.56 Å². The van der Waals surface area contributed by atoms with Crippen LogP contribution in [0, 0.1) is 0 Å². The number of benzene rings is 2. The fourth-order valence-electron chi connectivity index (χ4n) is 3.08. The van der Waals surface area contributed by atoms with E-state index in [2.05, 4.69) is 14.9 Å². The number of nitrogens with zero attached hydrogens (tertiary/aromatic N) is 3. The molecule has 0 N–H and O–H groups in total. The number of carbonyl (C=O) groups is 2. The second-order valence-corrected chi connectivity index (χ2v) is 8.77. The van der Waals surface area contributed by atoms with Crippen molar-refractivity contribution in [2.24, 2.45) is 0 Å². The van der Waals surface area contributed by atoms with E-state index in [4.69, 9.17) is 25.3 Å². The maximum absolute atomic E-state index is 12.6. The molecule has 2 aromatic carbocycles. The zero-order valence-corrected chi connectivity index (χ0v) is 18.1. The summed E-state index contributed by atoms with van der Waals surface area (Å²) >= 11 is 5.94. The van der Waals surface area contributed by atoms with Crippen LogP contribution >= 0.6 is 11.6 Å². The number of halogens is 1. The van der Waals surface area contributed by atoms with E-state index in [1.165, 1.54) is 24.1 Å². The number of amides is 1. The molecule has 1 saturated heterocycles. The highest BCUT2D eigenvalue weighted by atomic mass is 35.5. The normalized spacial score (nSPS) is 16.4. The molecule has 3 aromatic rings. The Morgan fingerprint density at radius 1 is 1.19 bits per heavy atom. The first-order chi connectivity index (χ1) is 15.3. The van der Waals surface area contributed by atoms with Crippen LogP contribution in [0.3, 0.4) is 0 Å². The summed E-state index contributed by atoms with van der Waals surface area (Å²) in [6.07, 6.45) is -1.63. The van der Waals surface area contributed by atoms with Gasteiger partial charge in [-0.25, -0.2) is 9.42 Å². The van der Waals surface area contributed by atoms with Crippen molar-refractivity contribution in [3.05, 3.63) is 47.0 Å². The SMILES string of the molecule is COc1ccc(C(=O)CN2CC(COS(=O)(=O)c3ccc(Cl)c4nonc34)OC2=O)cc1. The van der Waals surface area contributed by atoms with Gasteiger partial charge in [0.15, 0.2) is 16.8 Å². The lowest BCUT2D eigenvalue weighted by atomic mass is 10.1. The number of fused-ring (bicyclic) bond motifs is 1. The second kappa shape index (κ2) is 8.73. The smallest absolute Gasteiger partial charge is 0.410 e. The van der Waals surface area contributed by atoms with Gasteiger partial charge in [0.2, 0.25) is 0 Å². The van der Waals surface area contributed by atoms with Crippen molar-refractivity contribution in [3.8, 4) is 5.75 Å². The minimum atomic E-state index is -4.28. The van der Waals surface area contributed by atoms with Crippen molar-refractivity contribution in [1.82, 2.24) is 15.2 Å². The molecule has 1 amide bonds. The third-order valence-corrected chi connectivity index (χ3v) is 6.32. The van der Waals surface area contributed by atoms with Gasteiger partial charge in [-0.3, -0.25) is 13.9 Å². The maximum atomic E-state index is 12.6. The van der Waals surface area contributed by atoms with Gasteiger partial charge in [-0.2, -0.15) is 8.42 Å². The molecule has 0 spiro atoms. The molecule has 2 heterocycles. The summed E-state index contributed by atoms with van der Waals surface area (Å²) in [7, 11) is -2.77. The zero-order valence-electron chi connectivity index (χ0n) is 16.6. The van der Waals surface area contributed by atoms with Crippen molar-refractivity contribution in [1.29, 1.82) is 0 Å². The Hall–Kier alpha value is -3.22. The first-order valence-corrected chi connectivity index (χ1v) is 11.0. The first kappa shape index (κ1) is 22.0. The molecule has 168 valence electrons. The number of cyclic esters (lactones) is 1. The van der Waals surface area contributed by atoms with Gasteiger partial charge >= 0.3 is 6.09 Å². The summed E-state index contributed by atoms with van der Waals surface area (Å²) < 4.78 is 45.0. The topological polar surface area (TPSA) is 138 Å². The largest absolute Gasteiger partial charge is 0.497 e. The van der Waals surface area contributed by atoms with Crippen molar-refractivity contribution in [2.45, 2.75) is 11.0 Å². The van der Waals surface area contributed by atoms with Crippen LogP contribution in [-0.4, -0.2) is 68.4 Å². The Kier molecular flexibility index (Phi) is 6.00. The lowest BCUT2D eigenvalue weighted by Crippen LogP contribution is -2.32. The fraction of sp³-hybridized carbons (Fsp3) is 0.263. The summed E-state index contributed by atoms with van der Waals surface area (Å²) in [6.45, 7) is -0.689. The molecule has 1 aliphatic rings. The number of aromatic nitrogens is 2. The predicted molar refractivity (Wildman–Crippen MR) is 109 cm³/mol. The lowest BCUT2D eigenvalue weighted by Gasteiger charge is -2.12. The Bertz CT molecular complexity index is 1280. The molecular weight excluding hydrogens is 466 g/mol. The molecule has 4 rings (SSSR count). The van der Waals surface area contributed by atoms with Crippen molar-refractivity contribution in [3.63, 3.8) is 0 Å². The molecule has 13 heteroatoms. The maximum Gasteiger partial charge on any atom is 0.410 e. The van der Waals surface area contributed by atoms with Crippen molar-refractivity contribution < 1.29 is 36.3 Å². The Labute approximate surface area is 186 Å². The average Bonchev–Trinajstić information content (AvgIpc) is 3.40. The van der Waals surface area contributed by atoms with E-state index in [1.54, 1.807) is 24.3 Å². The standard InChI is InChI=1S/C19H16ClN3O8S/c1-28-12-4-2-11(3-5-12)15(24)9-23-8-13(30-19(23)25)10-29-32(26,27)16-7-6-14(20)17-18(16)22-31-21-17/h2-7,13H,8-10H2,1H3. The van der Waals surface area contributed by atoms with E-state index >= 15 is 0 Å². The molecule has 1 aliphatic heterocycles.